The second kappa shape index (κ2) is 7.15. The normalized spacial score (nSPS) is 10.7. The molecule has 18 heavy (non-hydrogen) atoms. The lowest BCUT2D eigenvalue weighted by atomic mass is 10.2. The number of hydrogen-bond acceptors (Lipinski definition) is 1. The zero-order valence-electron chi connectivity index (χ0n) is 11.0. The first kappa shape index (κ1) is 15.5. The van der Waals surface area contributed by atoms with Gasteiger partial charge < -0.3 is 4.43 Å². The van der Waals surface area contributed by atoms with Gasteiger partial charge in [0, 0.05) is 28.7 Å². The van der Waals surface area contributed by atoms with Gasteiger partial charge in [0.2, 0.25) is 8.32 Å². The summed E-state index contributed by atoms with van der Waals surface area (Å²) in [5.41, 5.74) is 0.421. The maximum Gasteiger partial charge on any atom is 0.245 e. The van der Waals surface area contributed by atoms with E-state index >= 15 is 0 Å². The SMILES string of the molecule is CCCC[Si](C)(C)Oc1ccc(C#CI)c(F)c1. The van der Waals surface area contributed by atoms with E-state index in [0.717, 1.165) is 6.04 Å². The first-order chi connectivity index (χ1) is 8.48. The zero-order chi connectivity index (χ0) is 13.6. The van der Waals surface area contributed by atoms with Gasteiger partial charge in [0.05, 0.1) is 5.56 Å². The largest absolute Gasteiger partial charge is 0.544 e. The summed E-state index contributed by atoms with van der Waals surface area (Å²) in [7, 11) is -1.73. The Balaban J connectivity index is 2.78. The van der Waals surface area contributed by atoms with Crippen LogP contribution in [0.1, 0.15) is 25.3 Å². The highest BCUT2D eigenvalue weighted by atomic mass is 127. The molecule has 1 aromatic rings. The van der Waals surface area contributed by atoms with Crippen molar-refractivity contribution in [2.75, 3.05) is 0 Å². The predicted octanol–water partition coefficient (Wildman–Crippen LogP) is 4.95. The quantitative estimate of drug-likeness (QED) is 0.401. The van der Waals surface area contributed by atoms with Crippen molar-refractivity contribution < 1.29 is 8.82 Å². The minimum Gasteiger partial charge on any atom is -0.544 e. The van der Waals surface area contributed by atoms with E-state index in [1.807, 2.05) is 22.6 Å². The highest BCUT2D eigenvalue weighted by molar-refractivity contribution is 14.1. The molecular formula is C14H18FIOSi. The summed E-state index contributed by atoms with van der Waals surface area (Å²) in [6.45, 7) is 6.50. The fourth-order valence-electron chi connectivity index (χ4n) is 1.68. The van der Waals surface area contributed by atoms with Crippen LogP contribution in [0.25, 0.3) is 0 Å². The maximum absolute atomic E-state index is 13.7. The number of unbranched alkanes of at least 4 members (excludes halogenated alkanes) is 1. The van der Waals surface area contributed by atoms with E-state index in [0.29, 0.717) is 11.3 Å². The topological polar surface area (TPSA) is 9.23 Å². The second-order valence-corrected chi connectivity index (χ2v) is 9.59. The smallest absolute Gasteiger partial charge is 0.245 e. The van der Waals surface area contributed by atoms with E-state index in [-0.39, 0.29) is 5.82 Å². The highest BCUT2D eigenvalue weighted by Gasteiger charge is 2.23. The Hall–Kier alpha value is -0.543. The fraction of sp³-hybridized carbons (Fsp3) is 0.429. The van der Waals surface area contributed by atoms with Gasteiger partial charge in [0.1, 0.15) is 11.6 Å². The Kier molecular flexibility index (Phi) is 6.16. The zero-order valence-corrected chi connectivity index (χ0v) is 14.2. The monoisotopic (exact) mass is 376 g/mol. The van der Waals surface area contributed by atoms with Gasteiger partial charge in [0.15, 0.2) is 0 Å². The molecule has 0 aliphatic heterocycles. The molecule has 0 amide bonds. The fourth-order valence-corrected chi connectivity index (χ4v) is 4.05. The summed E-state index contributed by atoms with van der Waals surface area (Å²) in [5, 5.41) is 0. The van der Waals surface area contributed by atoms with Crippen LogP contribution in [0.2, 0.25) is 19.1 Å². The van der Waals surface area contributed by atoms with Gasteiger partial charge in [-0.15, -0.1) is 0 Å². The maximum atomic E-state index is 13.7. The number of hydrogen-bond donors (Lipinski definition) is 0. The molecule has 98 valence electrons. The van der Waals surface area contributed by atoms with Gasteiger partial charge in [-0.25, -0.2) is 4.39 Å². The molecule has 0 fully saturated rings. The van der Waals surface area contributed by atoms with Crippen LogP contribution in [0.4, 0.5) is 4.39 Å². The molecule has 0 heterocycles. The summed E-state index contributed by atoms with van der Waals surface area (Å²) in [6.07, 6.45) is 2.33. The lowest BCUT2D eigenvalue weighted by Gasteiger charge is -2.24. The molecule has 4 heteroatoms. The molecule has 1 nitrogen and oxygen atoms in total. The van der Waals surface area contributed by atoms with Crippen LogP contribution in [0, 0.1) is 15.7 Å². The highest BCUT2D eigenvalue weighted by Crippen LogP contribution is 2.22. The Morgan fingerprint density at radius 1 is 1.39 bits per heavy atom. The lowest BCUT2D eigenvalue weighted by molar-refractivity contribution is 0.531. The molecule has 0 saturated carbocycles. The molecule has 0 aromatic heterocycles. The molecule has 0 unspecified atom stereocenters. The van der Waals surface area contributed by atoms with Crippen LogP contribution in [0.15, 0.2) is 18.2 Å². The summed E-state index contributed by atoms with van der Waals surface area (Å²) >= 11 is 1.90. The van der Waals surface area contributed by atoms with E-state index in [4.69, 9.17) is 4.43 Å². The Bertz CT molecular complexity index is 463. The predicted molar refractivity (Wildman–Crippen MR) is 85.1 cm³/mol. The molecule has 0 N–H and O–H groups in total. The molecule has 1 rings (SSSR count). The van der Waals surface area contributed by atoms with Crippen molar-refractivity contribution in [1.82, 2.24) is 0 Å². The van der Waals surface area contributed by atoms with Gasteiger partial charge in [-0.1, -0.05) is 25.7 Å². The van der Waals surface area contributed by atoms with Gasteiger partial charge in [-0.3, -0.25) is 0 Å². The van der Waals surface area contributed by atoms with Crippen molar-refractivity contribution in [3.05, 3.63) is 29.6 Å². The first-order valence-corrected chi connectivity index (χ1v) is 10.3. The second-order valence-electron chi connectivity index (χ2n) is 4.83. The third kappa shape index (κ3) is 4.98. The standard InChI is InChI=1S/C14H18FIOSi/c1-4-5-10-18(2,3)17-13-7-6-12(8-9-16)14(15)11-13/h6-7,11H,4-5,10H2,1-3H3. The third-order valence-corrected chi connectivity index (χ3v) is 5.26. The van der Waals surface area contributed by atoms with Crippen molar-refractivity contribution in [3.63, 3.8) is 0 Å². The molecule has 0 aliphatic rings. The van der Waals surface area contributed by atoms with E-state index in [1.54, 1.807) is 12.1 Å². The molecule has 0 spiro atoms. The summed E-state index contributed by atoms with van der Waals surface area (Å²) < 4.78 is 22.3. The molecule has 0 aliphatic carbocycles. The average Bonchev–Trinajstić information content (AvgIpc) is 2.30. The summed E-state index contributed by atoms with van der Waals surface area (Å²) in [4.78, 5) is 0. The lowest BCUT2D eigenvalue weighted by Crippen LogP contribution is -2.33. The van der Waals surface area contributed by atoms with Gasteiger partial charge in [-0.2, -0.15) is 0 Å². The Labute approximate surface area is 123 Å². The summed E-state index contributed by atoms with van der Waals surface area (Å²) in [5.74, 6) is 3.03. The number of halogens is 2. The third-order valence-electron chi connectivity index (χ3n) is 2.65. The van der Waals surface area contributed by atoms with E-state index < -0.39 is 8.32 Å². The molecular weight excluding hydrogens is 358 g/mol. The van der Waals surface area contributed by atoms with Crippen molar-refractivity contribution in [2.24, 2.45) is 0 Å². The van der Waals surface area contributed by atoms with Crippen LogP contribution in [0.5, 0.6) is 5.75 Å². The summed E-state index contributed by atoms with van der Waals surface area (Å²) in [6, 6.07) is 6.03. The van der Waals surface area contributed by atoms with Gasteiger partial charge in [-0.05, 0) is 35.2 Å². The molecule has 0 saturated heterocycles. The van der Waals surface area contributed by atoms with Crippen LogP contribution >= 0.6 is 22.6 Å². The molecule has 1 aromatic carbocycles. The molecule has 0 bridgehead atoms. The van der Waals surface area contributed by atoms with Crippen LogP contribution in [0.3, 0.4) is 0 Å². The number of benzene rings is 1. The van der Waals surface area contributed by atoms with Gasteiger partial charge in [0.25, 0.3) is 0 Å². The van der Waals surface area contributed by atoms with E-state index in [1.165, 1.54) is 18.9 Å². The number of rotatable bonds is 5. The van der Waals surface area contributed by atoms with Crippen LogP contribution in [-0.4, -0.2) is 8.32 Å². The van der Waals surface area contributed by atoms with E-state index in [9.17, 15) is 4.39 Å². The minimum absolute atomic E-state index is 0.308. The first-order valence-electron chi connectivity index (χ1n) is 6.08. The van der Waals surface area contributed by atoms with Crippen molar-refractivity contribution in [3.8, 4) is 15.6 Å². The Morgan fingerprint density at radius 2 is 2.11 bits per heavy atom. The minimum atomic E-state index is -1.73. The van der Waals surface area contributed by atoms with Crippen molar-refractivity contribution in [1.29, 1.82) is 0 Å². The van der Waals surface area contributed by atoms with E-state index in [2.05, 4.69) is 29.9 Å². The van der Waals surface area contributed by atoms with Crippen molar-refractivity contribution >= 4 is 30.9 Å². The van der Waals surface area contributed by atoms with Crippen LogP contribution < -0.4 is 4.43 Å². The van der Waals surface area contributed by atoms with Gasteiger partial charge >= 0.3 is 0 Å². The molecule has 0 atom stereocenters. The van der Waals surface area contributed by atoms with Crippen LogP contribution in [-0.2, 0) is 0 Å². The average molecular weight is 376 g/mol. The van der Waals surface area contributed by atoms with Crippen molar-refractivity contribution in [2.45, 2.75) is 38.9 Å². The Morgan fingerprint density at radius 3 is 2.67 bits per heavy atom. The molecule has 0 radical (unpaired) electrons.